The number of amides is 1. The molecule has 2 aromatic heterocycles. The number of anilines is 1. The van der Waals surface area contributed by atoms with Gasteiger partial charge in [-0.3, -0.25) is 4.79 Å². The molecule has 7 heteroatoms. The van der Waals surface area contributed by atoms with Crippen molar-refractivity contribution < 1.29 is 4.79 Å². The molecule has 0 saturated carbocycles. The van der Waals surface area contributed by atoms with Gasteiger partial charge in [0.15, 0.2) is 0 Å². The molecule has 0 unspecified atom stereocenters. The number of benzene rings is 2. The van der Waals surface area contributed by atoms with Gasteiger partial charge in [-0.2, -0.15) is 0 Å². The minimum atomic E-state index is 0.0585. The van der Waals surface area contributed by atoms with Crippen LogP contribution in [0.25, 0.3) is 21.3 Å². The number of carbonyl (C=O) groups excluding carboxylic acids is 1. The van der Waals surface area contributed by atoms with Crippen LogP contribution in [-0.4, -0.2) is 28.2 Å². The molecular formula is C23H20ClN3OS2. The average molecular weight is 454 g/mol. The third kappa shape index (κ3) is 4.36. The predicted molar refractivity (Wildman–Crippen MR) is 128 cm³/mol. The normalized spacial score (nSPS) is 11.0. The summed E-state index contributed by atoms with van der Waals surface area (Å²) in [4.78, 5) is 24.6. The molecule has 1 amide bonds. The van der Waals surface area contributed by atoms with Crippen molar-refractivity contribution in [2.24, 2.45) is 0 Å². The first-order valence-corrected chi connectivity index (χ1v) is 11.8. The van der Waals surface area contributed by atoms with Crippen LogP contribution in [0.2, 0.25) is 5.02 Å². The van der Waals surface area contributed by atoms with Crippen molar-refractivity contribution in [1.82, 2.24) is 9.97 Å². The SMILES string of the molecule is CCN(C(=O)CSc1ncnc2scc(-c3ccc(Cl)cc3)c12)c1cccc(C)c1. The number of halogens is 1. The summed E-state index contributed by atoms with van der Waals surface area (Å²) in [6.45, 7) is 4.64. The van der Waals surface area contributed by atoms with Crippen molar-refractivity contribution >= 4 is 56.5 Å². The van der Waals surface area contributed by atoms with E-state index in [1.807, 2.05) is 67.3 Å². The quantitative estimate of drug-likeness (QED) is 0.248. The fourth-order valence-electron chi connectivity index (χ4n) is 3.31. The Kier molecular flexibility index (Phi) is 6.37. The molecule has 0 bridgehead atoms. The van der Waals surface area contributed by atoms with Crippen molar-refractivity contribution in [2.75, 3.05) is 17.2 Å². The van der Waals surface area contributed by atoms with E-state index in [0.717, 1.165) is 37.6 Å². The average Bonchev–Trinajstić information content (AvgIpc) is 3.18. The summed E-state index contributed by atoms with van der Waals surface area (Å²) >= 11 is 9.08. The molecule has 152 valence electrons. The number of nitrogens with zero attached hydrogens (tertiary/aromatic N) is 3. The molecule has 0 N–H and O–H groups in total. The summed E-state index contributed by atoms with van der Waals surface area (Å²) in [7, 11) is 0. The van der Waals surface area contributed by atoms with E-state index < -0.39 is 0 Å². The second-order valence-electron chi connectivity index (χ2n) is 6.78. The van der Waals surface area contributed by atoms with Crippen molar-refractivity contribution in [3.8, 4) is 11.1 Å². The number of thiophene rings is 1. The smallest absolute Gasteiger partial charge is 0.237 e. The Labute approximate surface area is 188 Å². The standard InChI is InChI=1S/C23H20ClN3OS2/c1-3-27(18-6-4-5-15(2)11-18)20(28)13-30-23-21-19(12-29-22(21)25-14-26-23)16-7-9-17(24)10-8-16/h4-12,14H,3,13H2,1-2H3. The largest absolute Gasteiger partial charge is 0.312 e. The van der Waals surface area contributed by atoms with Crippen LogP contribution in [0.5, 0.6) is 0 Å². The van der Waals surface area contributed by atoms with Gasteiger partial charge in [0.1, 0.15) is 16.2 Å². The zero-order valence-corrected chi connectivity index (χ0v) is 19.0. The highest BCUT2D eigenvalue weighted by Crippen LogP contribution is 2.38. The molecule has 4 rings (SSSR count). The Morgan fingerprint density at radius 3 is 2.70 bits per heavy atom. The zero-order chi connectivity index (χ0) is 21.1. The Bertz CT molecular complexity index is 1190. The maximum absolute atomic E-state index is 13.0. The number of hydrogen-bond acceptors (Lipinski definition) is 5. The number of hydrogen-bond donors (Lipinski definition) is 0. The fourth-order valence-corrected chi connectivity index (χ4v) is 5.30. The van der Waals surface area contributed by atoms with Crippen molar-refractivity contribution in [1.29, 1.82) is 0 Å². The van der Waals surface area contributed by atoms with Crippen molar-refractivity contribution in [2.45, 2.75) is 18.9 Å². The number of carbonyl (C=O) groups is 1. The van der Waals surface area contributed by atoms with E-state index >= 15 is 0 Å². The summed E-state index contributed by atoms with van der Waals surface area (Å²) < 4.78 is 0. The highest BCUT2D eigenvalue weighted by Gasteiger charge is 2.18. The molecule has 4 nitrogen and oxygen atoms in total. The van der Waals surface area contributed by atoms with Crippen LogP contribution in [-0.2, 0) is 4.79 Å². The van der Waals surface area contributed by atoms with E-state index in [1.54, 1.807) is 17.7 Å². The van der Waals surface area contributed by atoms with Crippen LogP contribution in [0.15, 0.2) is 65.3 Å². The second kappa shape index (κ2) is 9.16. The predicted octanol–water partition coefficient (Wildman–Crippen LogP) is 6.47. The minimum absolute atomic E-state index is 0.0585. The fraction of sp³-hybridized carbons (Fsp3) is 0.174. The number of thioether (sulfide) groups is 1. The molecule has 0 fully saturated rings. The maximum atomic E-state index is 13.0. The summed E-state index contributed by atoms with van der Waals surface area (Å²) in [5.74, 6) is 0.368. The van der Waals surface area contributed by atoms with Crippen molar-refractivity contribution in [3.63, 3.8) is 0 Å². The van der Waals surface area contributed by atoms with Gasteiger partial charge in [0.25, 0.3) is 0 Å². The van der Waals surface area contributed by atoms with Gasteiger partial charge in [0.2, 0.25) is 5.91 Å². The van der Waals surface area contributed by atoms with Crippen LogP contribution in [0.4, 0.5) is 5.69 Å². The number of aryl methyl sites for hydroxylation is 1. The minimum Gasteiger partial charge on any atom is -0.312 e. The van der Waals surface area contributed by atoms with E-state index in [-0.39, 0.29) is 5.91 Å². The number of fused-ring (bicyclic) bond motifs is 1. The van der Waals surface area contributed by atoms with E-state index in [0.29, 0.717) is 17.3 Å². The lowest BCUT2D eigenvalue weighted by atomic mass is 10.1. The lowest BCUT2D eigenvalue weighted by Crippen LogP contribution is -2.32. The zero-order valence-electron chi connectivity index (χ0n) is 16.6. The van der Waals surface area contributed by atoms with E-state index in [9.17, 15) is 4.79 Å². The summed E-state index contributed by atoms with van der Waals surface area (Å²) in [5.41, 5.74) is 4.18. The van der Waals surface area contributed by atoms with E-state index in [2.05, 4.69) is 15.3 Å². The number of rotatable bonds is 6. The van der Waals surface area contributed by atoms with Crippen LogP contribution in [0.3, 0.4) is 0 Å². The summed E-state index contributed by atoms with van der Waals surface area (Å²) in [6.07, 6.45) is 1.56. The molecule has 4 aromatic rings. The lowest BCUT2D eigenvalue weighted by Gasteiger charge is -2.21. The highest BCUT2D eigenvalue weighted by molar-refractivity contribution is 8.00. The Morgan fingerprint density at radius 2 is 1.97 bits per heavy atom. The molecule has 2 heterocycles. The molecule has 0 saturated heterocycles. The van der Waals surface area contributed by atoms with Gasteiger partial charge < -0.3 is 4.90 Å². The Morgan fingerprint density at radius 1 is 1.17 bits per heavy atom. The van der Waals surface area contributed by atoms with Crippen LogP contribution >= 0.6 is 34.7 Å². The molecule has 0 radical (unpaired) electrons. The molecular weight excluding hydrogens is 434 g/mol. The van der Waals surface area contributed by atoms with E-state index in [4.69, 9.17) is 11.6 Å². The molecule has 0 aliphatic carbocycles. The van der Waals surface area contributed by atoms with Crippen LogP contribution in [0, 0.1) is 6.92 Å². The first-order valence-electron chi connectivity index (χ1n) is 9.54. The second-order valence-corrected chi connectivity index (χ2v) is 9.04. The third-order valence-electron chi connectivity index (χ3n) is 4.75. The lowest BCUT2D eigenvalue weighted by molar-refractivity contribution is -0.116. The molecule has 0 spiro atoms. The number of aromatic nitrogens is 2. The van der Waals surface area contributed by atoms with Crippen LogP contribution in [0.1, 0.15) is 12.5 Å². The monoisotopic (exact) mass is 453 g/mol. The molecule has 0 aliphatic heterocycles. The molecule has 0 aliphatic rings. The molecule has 2 aromatic carbocycles. The van der Waals surface area contributed by atoms with Crippen molar-refractivity contribution in [3.05, 3.63) is 70.8 Å². The van der Waals surface area contributed by atoms with E-state index in [1.165, 1.54) is 11.8 Å². The third-order valence-corrected chi connectivity index (χ3v) is 6.87. The molecule has 30 heavy (non-hydrogen) atoms. The van der Waals surface area contributed by atoms with Gasteiger partial charge in [-0.25, -0.2) is 9.97 Å². The summed E-state index contributed by atoms with van der Waals surface area (Å²) in [5, 5.41) is 4.59. The first kappa shape index (κ1) is 20.8. The maximum Gasteiger partial charge on any atom is 0.237 e. The van der Waals surface area contributed by atoms with Gasteiger partial charge in [-0.15, -0.1) is 11.3 Å². The van der Waals surface area contributed by atoms with Gasteiger partial charge in [0, 0.05) is 28.2 Å². The first-order chi connectivity index (χ1) is 14.6. The highest BCUT2D eigenvalue weighted by atomic mass is 35.5. The van der Waals surface area contributed by atoms with Gasteiger partial charge in [-0.1, -0.05) is 47.6 Å². The van der Waals surface area contributed by atoms with Crippen LogP contribution < -0.4 is 4.90 Å². The Hall–Kier alpha value is -2.41. The van der Waals surface area contributed by atoms with Gasteiger partial charge in [-0.05, 0) is 49.2 Å². The van der Waals surface area contributed by atoms with Gasteiger partial charge >= 0.3 is 0 Å². The Balaban J connectivity index is 1.60. The summed E-state index contributed by atoms with van der Waals surface area (Å²) in [6, 6.07) is 15.8. The topological polar surface area (TPSA) is 46.1 Å². The van der Waals surface area contributed by atoms with Gasteiger partial charge in [0.05, 0.1) is 11.1 Å². The molecule has 0 atom stereocenters.